The van der Waals surface area contributed by atoms with Gasteiger partial charge in [0, 0.05) is 0 Å². The van der Waals surface area contributed by atoms with Crippen molar-refractivity contribution in [1.29, 1.82) is 0 Å². The lowest BCUT2D eigenvalue weighted by atomic mass is 9.79. The van der Waals surface area contributed by atoms with Gasteiger partial charge in [-0.15, -0.1) is 0 Å². The Hall–Kier alpha value is -1.02. The first-order valence-corrected chi connectivity index (χ1v) is 7.42. The van der Waals surface area contributed by atoms with Crippen molar-refractivity contribution in [2.75, 3.05) is 0 Å². The van der Waals surface area contributed by atoms with Crippen LogP contribution in [0.25, 0.3) is 0 Å². The van der Waals surface area contributed by atoms with Gasteiger partial charge in [-0.05, 0) is 48.3 Å². The third-order valence-corrected chi connectivity index (χ3v) is 4.18. The summed E-state index contributed by atoms with van der Waals surface area (Å²) in [5.74, 6) is 2.40. The van der Waals surface area contributed by atoms with Crippen LogP contribution in [0.15, 0.2) is 24.3 Å². The van der Waals surface area contributed by atoms with Gasteiger partial charge in [-0.25, -0.2) is 0 Å². The van der Waals surface area contributed by atoms with Crippen LogP contribution in [0.4, 0.5) is 0 Å². The van der Waals surface area contributed by atoms with Crippen molar-refractivity contribution < 1.29 is 9.84 Å². The highest BCUT2D eigenvalue weighted by Crippen LogP contribution is 2.32. The fraction of sp³-hybridized carbons (Fsp3) is 0.647. The summed E-state index contributed by atoms with van der Waals surface area (Å²) in [6, 6.07) is 8.27. The summed E-state index contributed by atoms with van der Waals surface area (Å²) in [5, 5.41) is 10.2. The predicted octanol–water partition coefficient (Wildman–Crippen LogP) is 3.98. The van der Waals surface area contributed by atoms with Gasteiger partial charge in [0.05, 0.1) is 6.10 Å². The first-order chi connectivity index (χ1) is 8.97. The van der Waals surface area contributed by atoms with E-state index in [1.165, 1.54) is 5.56 Å². The molecule has 1 fully saturated rings. The number of aliphatic hydroxyl groups is 1. The van der Waals surface area contributed by atoms with Crippen LogP contribution in [0.1, 0.15) is 52.0 Å². The van der Waals surface area contributed by atoms with E-state index >= 15 is 0 Å². The highest BCUT2D eigenvalue weighted by atomic mass is 16.5. The van der Waals surface area contributed by atoms with Gasteiger partial charge in [-0.1, -0.05) is 39.8 Å². The van der Waals surface area contributed by atoms with Crippen molar-refractivity contribution in [1.82, 2.24) is 0 Å². The number of aliphatic hydroxyl groups excluding tert-OH is 1. The van der Waals surface area contributed by atoms with Crippen molar-refractivity contribution in [2.45, 2.75) is 58.7 Å². The van der Waals surface area contributed by atoms with E-state index in [1.807, 2.05) is 12.1 Å². The zero-order valence-corrected chi connectivity index (χ0v) is 12.5. The molecule has 0 amide bonds. The molecule has 2 heteroatoms. The topological polar surface area (TPSA) is 29.5 Å². The maximum absolute atomic E-state index is 10.2. The van der Waals surface area contributed by atoms with Crippen LogP contribution in [0.3, 0.4) is 0 Å². The van der Waals surface area contributed by atoms with Crippen molar-refractivity contribution in [3.63, 3.8) is 0 Å². The molecule has 0 bridgehead atoms. The second-order valence-electron chi connectivity index (χ2n) is 6.43. The Balaban J connectivity index is 2.03. The van der Waals surface area contributed by atoms with E-state index in [0.717, 1.165) is 18.6 Å². The number of ether oxygens (including phenoxy) is 1. The third kappa shape index (κ3) is 3.50. The van der Waals surface area contributed by atoms with Gasteiger partial charge in [0.25, 0.3) is 0 Å². The summed E-state index contributed by atoms with van der Waals surface area (Å²) in [6.07, 6.45) is 1.56. The van der Waals surface area contributed by atoms with E-state index in [2.05, 4.69) is 39.8 Å². The zero-order valence-electron chi connectivity index (χ0n) is 12.5. The molecule has 0 aromatic heterocycles. The van der Waals surface area contributed by atoms with E-state index in [4.69, 9.17) is 4.74 Å². The summed E-state index contributed by atoms with van der Waals surface area (Å²) in [4.78, 5) is 0. The maximum atomic E-state index is 10.2. The monoisotopic (exact) mass is 262 g/mol. The normalized spacial score (nSPS) is 31.5. The highest BCUT2D eigenvalue weighted by molar-refractivity contribution is 5.29. The van der Waals surface area contributed by atoms with Gasteiger partial charge in [0.15, 0.2) is 0 Å². The summed E-state index contributed by atoms with van der Waals surface area (Å²) in [6.45, 7) is 8.74. The second-order valence-corrected chi connectivity index (χ2v) is 6.43. The van der Waals surface area contributed by atoms with Gasteiger partial charge >= 0.3 is 0 Å². The largest absolute Gasteiger partial charge is 0.487 e. The van der Waals surface area contributed by atoms with Crippen molar-refractivity contribution in [3.8, 4) is 5.75 Å². The molecule has 1 saturated carbocycles. The quantitative estimate of drug-likeness (QED) is 0.892. The molecule has 4 unspecified atom stereocenters. The van der Waals surface area contributed by atoms with E-state index in [0.29, 0.717) is 17.8 Å². The predicted molar refractivity (Wildman–Crippen MR) is 78.5 cm³/mol. The minimum atomic E-state index is -0.344. The molecule has 1 N–H and O–H groups in total. The molecule has 19 heavy (non-hydrogen) atoms. The maximum Gasteiger partial charge on any atom is 0.127 e. The van der Waals surface area contributed by atoms with E-state index < -0.39 is 0 Å². The summed E-state index contributed by atoms with van der Waals surface area (Å²) in [7, 11) is 0. The summed E-state index contributed by atoms with van der Waals surface area (Å²) < 4.78 is 6.01. The molecule has 0 saturated heterocycles. The van der Waals surface area contributed by atoms with Gasteiger partial charge in [-0.2, -0.15) is 0 Å². The fourth-order valence-electron chi connectivity index (χ4n) is 3.07. The molecule has 1 aliphatic rings. The van der Waals surface area contributed by atoms with Crippen LogP contribution in [0, 0.1) is 11.8 Å². The molecule has 4 atom stereocenters. The van der Waals surface area contributed by atoms with Crippen LogP contribution in [0.5, 0.6) is 5.75 Å². The molecule has 1 aromatic rings. The molecule has 2 rings (SSSR count). The molecule has 1 aliphatic carbocycles. The number of hydrogen-bond acceptors (Lipinski definition) is 2. The standard InChI is InChI=1S/C17H26O2/c1-11(2)14-5-7-15(8-6-14)19-17-13(4)9-12(3)10-16(17)18/h5-8,11-13,16-18H,9-10H2,1-4H3. The van der Waals surface area contributed by atoms with Crippen molar-refractivity contribution in [3.05, 3.63) is 29.8 Å². The zero-order chi connectivity index (χ0) is 14.0. The third-order valence-electron chi connectivity index (χ3n) is 4.18. The Morgan fingerprint density at radius 1 is 1.11 bits per heavy atom. The lowest BCUT2D eigenvalue weighted by Crippen LogP contribution is -2.43. The number of benzene rings is 1. The van der Waals surface area contributed by atoms with Crippen LogP contribution >= 0.6 is 0 Å². The fourth-order valence-corrected chi connectivity index (χ4v) is 3.07. The second kappa shape index (κ2) is 5.96. The van der Waals surface area contributed by atoms with Crippen molar-refractivity contribution >= 4 is 0 Å². The minimum Gasteiger partial charge on any atom is -0.487 e. The Labute approximate surface area is 116 Å². The number of hydrogen-bond donors (Lipinski definition) is 1. The van der Waals surface area contributed by atoms with Gasteiger partial charge in [0.2, 0.25) is 0 Å². The molecule has 0 heterocycles. The molecule has 2 nitrogen and oxygen atoms in total. The molecule has 0 spiro atoms. The van der Waals surface area contributed by atoms with Crippen LogP contribution < -0.4 is 4.74 Å². The van der Waals surface area contributed by atoms with Crippen molar-refractivity contribution in [2.24, 2.45) is 11.8 Å². The van der Waals surface area contributed by atoms with Gasteiger partial charge < -0.3 is 9.84 Å². The average molecular weight is 262 g/mol. The Bertz CT molecular complexity index is 384. The minimum absolute atomic E-state index is 0.0684. The van der Waals surface area contributed by atoms with Gasteiger partial charge in [-0.3, -0.25) is 0 Å². The van der Waals surface area contributed by atoms with Crippen LogP contribution in [-0.2, 0) is 0 Å². The lowest BCUT2D eigenvalue weighted by molar-refractivity contribution is -0.0388. The summed E-state index contributed by atoms with van der Waals surface area (Å²) in [5.41, 5.74) is 1.32. The van der Waals surface area contributed by atoms with Crippen LogP contribution in [0.2, 0.25) is 0 Å². The first-order valence-electron chi connectivity index (χ1n) is 7.42. The molecular weight excluding hydrogens is 236 g/mol. The molecule has 1 aromatic carbocycles. The van der Waals surface area contributed by atoms with Crippen LogP contribution in [-0.4, -0.2) is 17.3 Å². The first kappa shape index (κ1) is 14.4. The average Bonchev–Trinajstić information content (AvgIpc) is 2.34. The molecule has 0 aliphatic heterocycles. The Morgan fingerprint density at radius 2 is 1.74 bits per heavy atom. The van der Waals surface area contributed by atoms with E-state index in [-0.39, 0.29) is 12.2 Å². The molecule has 0 radical (unpaired) electrons. The molecule has 106 valence electrons. The van der Waals surface area contributed by atoms with Gasteiger partial charge in [0.1, 0.15) is 11.9 Å². The van der Waals surface area contributed by atoms with E-state index in [1.54, 1.807) is 0 Å². The lowest BCUT2D eigenvalue weighted by Gasteiger charge is -2.36. The van der Waals surface area contributed by atoms with E-state index in [9.17, 15) is 5.11 Å². The SMILES string of the molecule is CC1CC(C)C(Oc2ccc(C(C)C)cc2)C(O)C1. The number of rotatable bonds is 3. The smallest absolute Gasteiger partial charge is 0.127 e. The Morgan fingerprint density at radius 3 is 2.26 bits per heavy atom. The Kier molecular flexibility index (Phi) is 4.51. The highest BCUT2D eigenvalue weighted by Gasteiger charge is 2.34. The summed E-state index contributed by atoms with van der Waals surface area (Å²) >= 11 is 0. The molecular formula is C17H26O2.